The molecule has 1 aliphatic carbocycles. The molecule has 1 heterocycles. The highest BCUT2D eigenvalue weighted by molar-refractivity contribution is 8.00. The zero-order chi connectivity index (χ0) is 17.8. The van der Waals surface area contributed by atoms with Crippen LogP contribution in [0.25, 0.3) is 0 Å². The van der Waals surface area contributed by atoms with Crippen LogP contribution in [0.15, 0.2) is 29.2 Å². The summed E-state index contributed by atoms with van der Waals surface area (Å²) in [4.78, 5) is 14.6. The molecular formula is C19H20N2O2S2. The van der Waals surface area contributed by atoms with Crippen LogP contribution in [0.3, 0.4) is 0 Å². The predicted octanol–water partition coefficient (Wildman–Crippen LogP) is 4.48. The lowest BCUT2D eigenvalue weighted by atomic mass is 9.89. The first-order valence-electron chi connectivity index (χ1n) is 8.22. The number of nitrogens with one attached hydrogen (secondary N) is 1. The maximum Gasteiger partial charge on any atom is 0.235 e. The molecule has 0 bridgehead atoms. The number of rotatable bonds is 5. The van der Waals surface area contributed by atoms with E-state index in [1.165, 1.54) is 16.6 Å². The summed E-state index contributed by atoms with van der Waals surface area (Å²) >= 11 is 3.03. The quantitative estimate of drug-likeness (QED) is 0.786. The van der Waals surface area contributed by atoms with Crippen LogP contribution in [0.2, 0.25) is 0 Å². The number of hydrogen-bond donors (Lipinski definition) is 1. The lowest BCUT2D eigenvalue weighted by molar-refractivity contribution is -0.113. The molecule has 0 saturated heterocycles. The fraction of sp³-hybridized carbons (Fsp3) is 0.368. The van der Waals surface area contributed by atoms with Crippen LogP contribution in [0.1, 0.15) is 29.3 Å². The molecule has 25 heavy (non-hydrogen) atoms. The molecule has 1 atom stereocenters. The van der Waals surface area contributed by atoms with E-state index in [2.05, 4.69) is 18.3 Å². The molecule has 0 spiro atoms. The lowest BCUT2D eigenvalue weighted by Crippen LogP contribution is -2.14. The van der Waals surface area contributed by atoms with Crippen molar-refractivity contribution in [3.05, 3.63) is 40.3 Å². The maximum atomic E-state index is 12.3. The number of benzene rings is 1. The van der Waals surface area contributed by atoms with Gasteiger partial charge in [-0.3, -0.25) is 4.79 Å². The van der Waals surface area contributed by atoms with Crippen molar-refractivity contribution in [3.63, 3.8) is 0 Å². The number of anilines is 1. The number of hydrogen-bond acceptors (Lipinski definition) is 5. The molecule has 6 heteroatoms. The Morgan fingerprint density at radius 2 is 2.20 bits per heavy atom. The van der Waals surface area contributed by atoms with Gasteiger partial charge in [0.15, 0.2) is 0 Å². The predicted molar refractivity (Wildman–Crippen MR) is 103 cm³/mol. The van der Waals surface area contributed by atoms with E-state index in [0.29, 0.717) is 22.2 Å². The number of carbonyl (C=O) groups excluding carboxylic acids is 1. The Labute approximate surface area is 156 Å². The fourth-order valence-corrected chi connectivity index (χ4v) is 5.02. The fourth-order valence-electron chi connectivity index (χ4n) is 2.94. The van der Waals surface area contributed by atoms with E-state index in [-0.39, 0.29) is 5.91 Å². The summed E-state index contributed by atoms with van der Waals surface area (Å²) in [5, 5.41) is 13.1. The summed E-state index contributed by atoms with van der Waals surface area (Å²) in [6.07, 6.45) is 3.05. The topological polar surface area (TPSA) is 62.1 Å². The number of thiophene rings is 1. The van der Waals surface area contributed by atoms with Crippen LogP contribution in [0.5, 0.6) is 5.75 Å². The summed E-state index contributed by atoms with van der Waals surface area (Å²) in [7, 11) is 1.63. The number of ether oxygens (including phenoxy) is 1. The van der Waals surface area contributed by atoms with Gasteiger partial charge in [0.2, 0.25) is 5.91 Å². The molecule has 0 aliphatic heterocycles. The van der Waals surface area contributed by atoms with Gasteiger partial charge in [-0.05, 0) is 55.0 Å². The molecule has 1 aromatic carbocycles. The van der Waals surface area contributed by atoms with Gasteiger partial charge in [0.25, 0.3) is 0 Å². The van der Waals surface area contributed by atoms with Crippen molar-refractivity contribution >= 4 is 34.0 Å². The Hall–Kier alpha value is -1.97. The zero-order valence-corrected chi connectivity index (χ0v) is 15.9. The number of amides is 1. The highest BCUT2D eigenvalue weighted by Crippen LogP contribution is 2.39. The van der Waals surface area contributed by atoms with Gasteiger partial charge in [-0.15, -0.1) is 23.1 Å². The van der Waals surface area contributed by atoms with Crippen molar-refractivity contribution in [1.82, 2.24) is 0 Å². The first-order valence-corrected chi connectivity index (χ1v) is 10.0. The van der Waals surface area contributed by atoms with Gasteiger partial charge in [0.05, 0.1) is 18.4 Å². The molecule has 1 amide bonds. The van der Waals surface area contributed by atoms with Crippen molar-refractivity contribution in [2.75, 3.05) is 18.2 Å². The molecule has 1 aliphatic rings. The summed E-state index contributed by atoms with van der Waals surface area (Å²) < 4.78 is 5.13. The highest BCUT2D eigenvalue weighted by Gasteiger charge is 2.24. The van der Waals surface area contributed by atoms with E-state index in [9.17, 15) is 10.1 Å². The molecule has 4 nitrogen and oxygen atoms in total. The monoisotopic (exact) mass is 372 g/mol. The van der Waals surface area contributed by atoms with Crippen LogP contribution in [-0.4, -0.2) is 18.8 Å². The van der Waals surface area contributed by atoms with Gasteiger partial charge < -0.3 is 10.1 Å². The van der Waals surface area contributed by atoms with Crippen LogP contribution < -0.4 is 10.1 Å². The summed E-state index contributed by atoms with van der Waals surface area (Å²) in [5.74, 6) is 1.68. The minimum absolute atomic E-state index is 0.0797. The Kier molecular flexibility index (Phi) is 5.67. The Balaban J connectivity index is 1.64. The molecule has 0 saturated carbocycles. The maximum absolute atomic E-state index is 12.3. The SMILES string of the molecule is COc1ccc(SCC(=O)Nc2sc3c(c2C#N)CC[C@@H](C)C3)cc1. The molecule has 1 N–H and O–H groups in total. The van der Waals surface area contributed by atoms with Crippen molar-refractivity contribution in [3.8, 4) is 11.8 Å². The zero-order valence-electron chi connectivity index (χ0n) is 14.3. The number of carbonyl (C=O) groups is 1. The Bertz CT molecular complexity index is 806. The average molecular weight is 373 g/mol. The third-order valence-corrected chi connectivity index (χ3v) is 6.49. The average Bonchev–Trinajstić information content (AvgIpc) is 2.96. The van der Waals surface area contributed by atoms with Gasteiger partial charge in [0.1, 0.15) is 16.8 Å². The number of nitrogens with zero attached hydrogens (tertiary/aromatic N) is 1. The molecule has 0 fully saturated rings. The van der Waals surface area contributed by atoms with E-state index in [1.807, 2.05) is 24.3 Å². The van der Waals surface area contributed by atoms with Crippen molar-refractivity contribution in [2.45, 2.75) is 31.1 Å². The molecule has 130 valence electrons. The molecule has 1 aromatic heterocycles. The third kappa shape index (κ3) is 4.17. The summed E-state index contributed by atoms with van der Waals surface area (Å²) in [6.45, 7) is 2.23. The van der Waals surface area contributed by atoms with E-state index >= 15 is 0 Å². The summed E-state index contributed by atoms with van der Waals surface area (Å²) in [6, 6.07) is 9.91. The largest absolute Gasteiger partial charge is 0.497 e. The second-order valence-electron chi connectivity index (χ2n) is 6.18. The minimum Gasteiger partial charge on any atom is -0.497 e. The van der Waals surface area contributed by atoms with Crippen molar-refractivity contribution in [1.29, 1.82) is 5.26 Å². The summed E-state index contributed by atoms with van der Waals surface area (Å²) in [5.41, 5.74) is 1.80. The van der Waals surface area contributed by atoms with Gasteiger partial charge in [-0.25, -0.2) is 0 Å². The molecule has 2 aromatic rings. The first-order chi connectivity index (χ1) is 12.1. The van der Waals surface area contributed by atoms with E-state index in [4.69, 9.17) is 4.74 Å². The van der Waals surface area contributed by atoms with Crippen LogP contribution in [0.4, 0.5) is 5.00 Å². The number of methoxy groups -OCH3 is 1. The van der Waals surface area contributed by atoms with Crippen molar-refractivity contribution < 1.29 is 9.53 Å². The smallest absolute Gasteiger partial charge is 0.235 e. The van der Waals surface area contributed by atoms with Gasteiger partial charge in [0, 0.05) is 9.77 Å². The number of fused-ring (bicyclic) bond motifs is 1. The third-order valence-electron chi connectivity index (χ3n) is 4.31. The standard InChI is InChI=1S/C19H20N2O2S2/c1-12-3-8-15-16(10-20)19(25-17(15)9-12)21-18(22)11-24-14-6-4-13(23-2)5-7-14/h4-7,12H,3,8-9,11H2,1-2H3,(H,21,22)/t12-/m1/s1. The Morgan fingerprint density at radius 3 is 2.88 bits per heavy atom. The van der Waals surface area contributed by atoms with Crippen LogP contribution >= 0.6 is 23.1 Å². The second-order valence-corrected chi connectivity index (χ2v) is 8.33. The molecular weight excluding hydrogens is 352 g/mol. The van der Waals surface area contributed by atoms with Crippen LogP contribution in [-0.2, 0) is 17.6 Å². The second kappa shape index (κ2) is 7.94. The number of thioether (sulfide) groups is 1. The van der Waals surface area contributed by atoms with E-state index in [1.54, 1.807) is 18.4 Å². The van der Waals surface area contributed by atoms with Gasteiger partial charge in [-0.1, -0.05) is 6.92 Å². The lowest BCUT2D eigenvalue weighted by Gasteiger charge is -2.17. The van der Waals surface area contributed by atoms with E-state index < -0.39 is 0 Å². The number of nitriles is 1. The Morgan fingerprint density at radius 1 is 1.44 bits per heavy atom. The van der Waals surface area contributed by atoms with Gasteiger partial charge in [-0.2, -0.15) is 5.26 Å². The van der Waals surface area contributed by atoms with Gasteiger partial charge >= 0.3 is 0 Å². The first kappa shape index (κ1) is 17.8. The highest BCUT2D eigenvalue weighted by atomic mass is 32.2. The molecule has 0 unspecified atom stereocenters. The van der Waals surface area contributed by atoms with Crippen molar-refractivity contribution in [2.24, 2.45) is 5.92 Å². The normalized spacial score (nSPS) is 16.0. The van der Waals surface area contributed by atoms with Crippen LogP contribution in [0, 0.1) is 17.2 Å². The van der Waals surface area contributed by atoms with E-state index in [0.717, 1.165) is 35.5 Å². The molecule has 0 radical (unpaired) electrons. The molecule has 3 rings (SSSR count). The minimum atomic E-state index is -0.0797.